The van der Waals surface area contributed by atoms with Gasteiger partial charge in [0, 0.05) is 29.6 Å². The monoisotopic (exact) mass is 406 g/mol. The van der Waals surface area contributed by atoms with E-state index >= 15 is 0 Å². The van der Waals surface area contributed by atoms with E-state index in [1.165, 1.54) is 16.9 Å². The summed E-state index contributed by atoms with van der Waals surface area (Å²) >= 11 is 1.43. The zero-order valence-corrected chi connectivity index (χ0v) is 17.0. The van der Waals surface area contributed by atoms with Crippen LogP contribution in [-0.2, 0) is 0 Å². The standard InChI is InChI=1S/C22H22N4O2S/c1-14-4-6-15(7-5-14)22-25-18(13-29-22)21(28)24-17-12-16(20(23)27)8-9-19(17)26-10-2-3-11-26/h4-9,12-13H,2-3,10-11H2,1H3,(H2,23,27)(H,24,28). The van der Waals surface area contributed by atoms with E-state index < -0.39 is 5.91 Å². The molecule has 0 saturated carbocycles. The fraction of sp³-hybridized carbons (Fsp3) is 0.227. The quantitative estimate of drug-likeness (QED) is 0.668. The highest BCUT2D eigenvalue weighted by molar-refractivity contribution is 7.13. The Balaban J connectivity index is 1.60. The lowest BCUT2D eigenvalue weighted by atomic mass is 10.1. The molecule has 2 aromatic carbocycles. The van der Waals surface area contributed by atoms with Crippen LogP contribution in [0, 0.1) is 6.92 Å². The predicted octanol–water partition coefficient (Wildman–Crippen LogP) is 4.07. The van der Waals surface area contributed by atoms with E-state index in [1.54, 1.807) is 17.5 Å². The van der Waals surface area contributed by atoms with Gasteiger partial charge < -0.3 is 16.0 Å². The fourth-order valence-corrected chi connectivity index (χ4v) is 4.22. The molecule has 148 valence electrons. The molecule has 2 amide bonds. The SMILES string of the molecule is Cc1ccc(-c2nc(C(=O)Nc3cc(C(N)=O)ccc3N3CCCC3)cs2)cc1. The minimum Gasteiger partial charge on any atom is -0.370 e. The van der Waals surface area contributed by atoms with Gasteiger partial charge in [-0.05, 0) is 38.0 Å². The van der Waals surface area contributed by atoms with E-state index in [0.717, 1.165) is 42.2 Å². The molecule has 4 rings (SSSR count). The third kappa shape index (κ3) is 4.14. The number of amides is 2. The number of nitrogens with zero attached hydrogens (tertiary/aromatic N) is 2. The van der Waals surface area contributed by atoms with Crippen LogP contribution in [0.5, 0.6) is 0 Å². The number of thiazole rings is 1. The van der Waals surface area contributed by atoms with Gasteiger partial charge in [0.15, 0.2) is 0 Å². The molecular weight excluding hydrogens is 384 g/mol. The molecule has 1 aliphatic heterocycles. The van der Waals surface area contributed by atoms with Gasteiger partial charge in [-0.1, -0.05) is 29.8 Å². The average molecular weight is 407 g/mol. The fourth-order valence-electron chi connectivity index (χ4n) is 3.42. The van der Waals surface area contributed by atoms with Gasteiger partial charge in [-0.15, -0.1) is 11.3 Å². The third-order valence-electron chi connectivity index (χ3n) is 5.01. The van der Waals surface area contributed by atoms with Crippen LogP contribution in [0.3, 0.4) is 0 Å². The Hall–Kier alpha value is -3.19. The summed E-state index contributed by atoms with van der Waals surface area (Å²) in [6, 6.07) is 13.2. The van der Waals surface area contributed by atoms with Crippen LogP contribution in [-0.4, -0.2) is 29.9 Å². The van der Waals surface area contributed by atoms with Crippen molar-refractivity contribution < 1.29 is 9.59 Å². The maximum atomic E-state index is 12.9. The molecule has 0 spiro atoms. The number of anilines is 2. The Bertz CT molecular complexity index is 1050. The largest absolute Gasteiger partial charge is 0.370 e. The lowest BCUT2D eigenvalue weighted by Gasteiger charge is -2.22. The highest BCUT2D eigenvalue weighted by Gasteiger charge is 2.20. The Morgan fingerprint density at radius 3 is 2.52 bits per heavy atom. The van der Waals surface area contributed by atoms with E-state index in [9.17, 15) is 9.59 Å². The number of carbonyl (C=O) groups excluding carboxylic acids is 2. The Morgan fingerprint density at radius 2 is 1.83 bits per heavy atom. The van der Waals surface area contributed by atoms with E-state index in [2.05, 4.69) is 15.2 Å². The van der Waals surface area contributed by atoms with Crippen molar-refractivity contribution in [2.75, 3.05) is 23.3 Å². The molecule has 3 N–H and O–H groups in total. The molecule has 1 aromatic heterocycles. The number of aryl methyl sites for hydroxylation is 1. The molecule has 7 heteroatoms. The van der Waals surface area contributed by atoms with Gasteiger partial charge in [0.2, 0.25) is 5.91 Å². The number of primary amides is 1. The Labute approximate surface area is 173 Å². The number of hydrogen-bond acceptors (Lipinski definition) is 5. The lowest BCUT2D eigenvalue weighted by molar-refractivity contribution is 0.0995. The number of nitrogens with two attached hydrogens (primary N) is 1. The molecule has 3 aromatic rings. The van der Waals surface area contributed by atoms with Crippen LogP contribution in [0.2, 0.25) is 0 Å². The lowest BCUT2D eigenvalue weighted by Crippen LogP contribution is -2.22. The molecule has 6 nitrogen and oxygen atoms in total. The van der Waals surface area contributed by atoms with Crippen molar-refractivity contribution in [2.45, 2.75) is 19.8 Å². The van der Waals surface area contributed by atoms with Crippen LogP contribution in [0.4, 0.5) is 11.4 Å². The van der Waals surface area contributed by atoms with Gasteiger partial charge in [0.25, 0.3) is 5.91 Å². The smallest absolute Gasteiger partial charge is 0.275 e. The Kier molecular flexibility index (Phi) is 5.31. The number of carbonyl (C=O) groups is 2. The first-order chi connectivity index (χ1) is 14.0. The molecule has 0 unspecified atom stereocenters. The summed E-state index contributed by atoms with van der Waals surface area (Å²) in [5.41, 5.74) is 9.78. The molecule has 1 saturated heterocycles. The van der Waals surface area contributed by atoms with Gasteiger partial charge in [-0.25, -0.2) is 4.98 Å². The van der Waals surface area contributed by atoms with Crippen molar-refractivity contribution in [2.24, 2.45) is 5.73 Å². The van der Waals surface area contributed by atoms with Crippen LogP contribution in [0.1, 0.15) is 39.3 Å². The molecule has 0 aliphatic carbocycles. The van der Waals surface area contributed by atoms with Crippen molar-refractivity contribution in [3.05, 3.63) is 64.7 Å². The summed E-state index contributed by atoms with van der Waals surface area (Å²) in [6.45, 7) is 3.88. The number of rotatable bonds is 5. The van der Waals surface area contributed by atoms with Crippen molar-refractivity contribution in [1.82, 2.24) is 4.98 Å². The summed E-state index contributed by atoms with van der Waals surface area (Å²) in [4.78, 5) is 31.2. The minimum absolute atomic E-state index is 0.304. The van der Waals surface area contributed by atoms with Crippen molar-refractivity contribution in [1.29, 1.82) is 0 Å². The third-order valence-corrected chi connectivity index (χ3v) is 5.90. The van der Waals surface area contributed by atoms with Crippen LogP contribution >= 0.6 is 11.3 Å². The number of nitrogens with one attached hydrogen (secondary N) is 1. The highest BCUT2D eigenvalue weighted by Crippen LogP contribution is 2.31. The highest BCUT2D eigenvalue weighted by atomic mass is 32.1. The molecule has 2 heterocycles. The molecule has 29 heavy (non-hydrogen) atoms. The summed E-state index contributed by atoms with van der Waals surface area (Å²) in [7, 11) is 0. The van der Waals surface area contributed by atoms with Crippen LogP contribution in [0.15, 0.2) is 47.8 Å². The van der Waals surface area contributed by atoms with E-state index in [4.69, 9.17) is 5.73 Å². The van der Waals surface area contributed by atoms with Crippen molar-refractivity contribution in [3.63, 3.8) is 0 Å². The first kappa shape index (κ1) is 19.1. The van der Waals surface area contributed by atoms with Crippen LogP contribution in [0.25, 0.3) is 10.6 Å². The minimum atomic E-state index is -0.524. The first-order valence-corrected chi connectivity index (χ1v) is 10.4. The molecule has 0 bridgehead atoms. The van der Waals surface area contributed by atoms with E-state index in [0.29, 0.717) is 16.9 Å². The second kappa shape index (κ2) is 8.05. The van der Waals surface area contributed by atoms with Gasteiger partial charge in [-0.2, -0.15) is 0 Å². The Morgan fingerprint density at radius 1 is 1.10 bits per heavy atom. The second-order valence-electron chi connectivity index (χ2n) is 7.15. The summed E-state index contributed by atoms with van der Waals surface area (Å²) in [5, 5.41) is 5.47. The second-order valence-corrected chi connectivity index (χ2v) is 8.01. The maximum Gasteiger partial charge on any atom is 0.275 e. The number of hydrogen-bond donors (Lipinski definition) is 2. The van der Waals surface area contributed by atoms with E-state index in [-0.39, 0.29) is 5.91 Å². The average Bonchev–Trinajstić information content (AvgIpc) is 3.41. The zero-order valence-electron chi connectivity index (χ0n) is 16.1. The number of benzene rings is 2. The normalized spacial score (nSPS) is 13.5. The van der Waals surface area contributed by atoms with Gasteiger partial charge in [0.1, 0.15) is 10.7 Å². The molecular formula is C22H22N4O2S. The number of aromatic nitrogens is 1. The first-order valence-electron chi connectivity index (χ1n) is 9.54. The predicted molar refractivity (Wildman–Crippen MR) is 117 cm³/mol. The molecule has 0 radical (unpaired) electrons. The molecule has 1 fully saturated rings. The zero-order chi connectivity index (χ0) is 20.4. The van der Waals surface area contributed by atoms with Crippen LogP contribution < -0.4 is 16.0 Å². The maximum absolute atomic E-state index is 12.9. The topological polar surface area (TPSA) is 88.3 Å². The summed E-state index contributed by atoms with van der Waals surface area (Å²) < 4.78 is 0. The van der Waals surface area contributed by atoms with Gasteiger partial charge in [0.05, 0.1) is 11.4 Å². The summed E-state index contributed by atoms with van der Waals surface area (Å²) in [5.74, 6) is -0.828. The molecule has 0 atom stereocenters. The van der Waals surface area contributed by atoms with Crippen molar-refractivity contribution >= 4 is 34.5 Å². The van der Waals surface area contributed by atoms with E-state index in [1.807, 2.05) is 37.3 Å². The van der Waals surface area contributed by atoms with Gasteiger partial charge in [-0.3, -0.25) is 9.59 Å². The van der Waals surface area contributed by atoms with Gasteiger partial charge >= 0.3 is 0 Å². The van der Waals surface area contributed by atoms with Crippen molar-refractivity contribution in [3.8, 4) is 10.6 Å². The summed E-state index contributed by atoms with van der Waals surface area (Å²) in [6.07, 6.45) is 2.22. The molecule has 1 aliphatic rings.